The minimum absolute atomic E-state index is 1.02. The molecule has 12 aromatic rings. The summed E-state index contributed by atoms with van der Waals surface area (Å²) in [5.74, 6) is 0. The third-order valence-electron chi connectivity index (χ3n) is 16.4. The fourth-order valence-electron chi connectivity index (χ4n) is 12.8. The summed E-state index contributed by atoms with van der Waals surface area (Å²) in [5, 5.41) is 12.6. The van der Waals surface area contributed by atoms with Crippen LogP contribution in [0, 0.1) is 6.92 Å². The first-order valence-corrected chi connectivity index (χ1v) is 27.7. The van der Waals surface area contributed by atoms with Crippen molar-refractivity contribution in [2.24, 2.45) is 0 Å². The maximum Gasteiger partial charge on any atom is 0.0542 e. The minimum atomic E-state index is 1.02. The van der Waals surface area contributed by atoms with Gasteiger partial charge >= 0.3 is 0 Å². The van der Waals surface area contributed by atoms with Crippen LogP contribution in [0.2, 0.25) is 0 Å². The highest BCUT2D eigenvalue weighted by molar-refractivity contribution is 6.33. The molecule has 14 rings (SSSR count). The second-order valence-electron chi connectivity index (χ2n) is 20.9. The molecular weight excluding hydrogens is 941 g/mol. The van der Waals surface area contributed by atoms with Gasteiger partial charge in [0.1, 0.15) is 0 Å². The molecular formula is C76H58N2. The van der Waals surface area contributed by atoms with E-state index in [9.17, 15) is 0 Å². The van der Waals surface area contributed by atoms with E-state index >= 15 is 0 Å². The summed E-state index contributed by atoms with van der Waals surface area (Å²) >= 11 is 0. The molecule has 0 spiro atoms. The highest BCUT2D eigenvalue weighted by Crippen LogP contribution is 2.51. The lowest BCUT2D eigenvalue weighted by Crippen LogP contribution is -2.18. The van der Waals surface area contributed by atoms with Crippen molar-refractivity contribution in [3.05, 3.63) is 283 Å². The summed E-state index contributed by atoms with van der Waals surface area (Å²) < 4.78 is 0. The van der Waals surface area contributed by atoms with Crippen molar-refractivity contribution in [2.75, 3.05) is 9.80 Å². The molecule has 0 fully saturated rings. The van der Waals surface area contributed by atoms with E-state index in [0.717, 1.165) is 48.4 Å². The van der Waals surface area contributed by atoms with Crippen LogP contribution < -0.4 is 9.80 Å². The van der Waals surface area contributed by atoms with Gasteiger partial charge in [-0.3, -0.25) is 0 Å². The number of nitrogens with zero attached hydrogens (tertiary/aromatic N) is 2. The molecule has 2 aliphatic carbocycles. The number of para-hydroxylation sites is 1. The Balaban J connectivity index is 0.990. The van der Waals surface area contributed by atoms with Gasteiger partial charge in [-0.05, 0) is 204 Å². The van der Waals surface area contributed by atoms with E-state index in [1.54, 1.807) is 0 Å². The van der Waals surface area contributed by atoms with Crippen molar-refractivity contribution in [3.63, 3.8) is 0 Å². The van der Waals surface area contributed by atoms with Crippen LogP contribution in [0.4, 0.5) is 28.4 Å². The van der Waals surface area contributed by atoms with Gasteiger partial charge in [0.2, 0.25) is 0 Å². The molecule has 0 saturated heterocycles. The molecule has 0 bridgehead atoms. The van der Waals surface area contributed by atoms with Crippen molar-refractivity contribution < 1.29 is 0 Å². The Morgan fingerprint density at radius 1 is 0.410 bits per heavy atom. The quantitative estimate of drug-likeness (QED) is 0.126. The van der Waals surface area contributed by atoms with E-state index < -0.39 is 0 Å². The van der Waals surface area contributed by atoms with E-state index in [1.807, 2.05) is 0 Å². The summed E-state index contributed by atoms with van der Waals surface area (Å²) in [5.41, 5.74) is 19.4. The number of allylic oxidation sites excluding steroid dienone is 5. The molecule has 0 saturated carbocycles. The normalized spacial score (nSPS) is 13.2. The molecule has 2 aliphatic rings. The summed E-state index contributed by atoms with van der Waals surface area (Å²) in [7, 11) is 0. The standard InChI is InChI=1S/C76H58N2/c1-3-23-61-51(2)72(48-55-26-13-15-32-62(55)61)77(57-28-9-5-10-29-57)59-44-40-53(41-45-59)71-50-70(52-24-7-4-8-25-52)74(76-69-39-22-19-36-66(69)65-35-18-21-38-68(65)75(71)76)54-42-46-60(47-43-54)78(58-30-11-6-12-31-58)73-49-56-27-14-16-33-63(56)64-34-17-20-37-67(64)73/h3-5,7-11,13-16,18-33,35-50H,6,12,17,34H2,1-2H3/b23-3-. The summed E-state index contributed by atoms with van der Waals surface area (Å²) in [6.07, 6.45) is 20.3. The molecule has 0 heterocycles. The van der Waals surface area contributed by atoms with Crippen LogP contribution >= 0.6 is 0 Å². The second kappa shape index (κ2) is 19.9. The topological polar surface area (TPSA) is 6.48 Å². The SMILES string of the molecule is C/C=C\c1c(C)c(N(c2ccccc2)c2ccc(-c3cc(-c4ccccc4)c(-c4ccc(N(C5=CCCC=C5)c5cc6ccccc6c6c5C=CCC6)cc4)c4c5ccccc5c5ccccc5c34)cc2)cc2ccccc12. The summed E-state index contributed by atoms with van der Waals surface area (Å²) in [6.45, 7) is 4.37. The maximum atomic E-state index is 2.51. The van der Waals surface area contributed by atoms with Crippen LogP contribution in [0.3, 0.4) is 0 Å². The number of aryl methyl sites for hydroxylation is 1. The van der Waals surface area contributed by atoms with Gasteiger partial charge in [0.25, 0.3) is 0 Å². The van der Waals surface area contributed by atoms with Gasteiger partial charge < -0.3 is 9.80 Å². The number of hydrogen-bond acceptors (Lipinski definition) is 2. The molecule has 78 heavy (non-hydrogen) atoms. The monoisotopic (exact) mass is 998 g/mol. The highest BCUT2D eigenvalue weighted by Gasteiger charge is 2.26. The van der Waals surface area contributed by atoms with Crippen LogP contribution in [0.1, 0.15) is 48.4 Å². The van der Waals surface area contributed by atoms with Crippen molar-refractivity contribution in [2.45, 2.75) is 39.5 Å². The molecule has 2 heteroatoms. The van der Waals surface area contributed by atoms with Gasteiger partial charge in [0.05, 0.1) is 11.4 Å². The van der Waals surface area contributed by atoms with Crippen molar-refractivity contribution in [1.82, 2.24) is 0 Å². The smallest absolute Gasteiger partial charge is 0.0542 e. The average Bonchev–Trinajstić information content (AvgIpc) is 3.68. The predicted octanol–water partition coefficient (Wildman–Crippen LogP) is 21.6. The van der Waals surface area contributed by atoms with Gasteiger partial charge in [-0.1, -0.05) is 206 Å². The highest BCUT2D eigenvalue weighted by atomic mass is 15.2. The van der Waals surface area contributed by atoms with Gasteiger partial charge in [-0.2, -0.15) is 0 Å². The van der Waals surface area contributed by atoms with Crippen LogP contribution in [-0.4, -0.2) is 0 Å². The molecule has 12 aromatic carbocycles. The Kier molecular flexibility index (Phi) is 12.0. The molecule has 0 aromatic heterocycles. The van der Waals surface area contributed by atoms with Gasteiger partial charge in [-0.15, -0.1) is 0 Å². The van der Waals surface area contributed by atoms with E-state index in [4.69, 9.17) is 0 Å². The third kappa shape index (κ3) is 8.03. The number of benzene rings is 12. The van der Waals surface area contributed by atoms with E-state index in [2.05, 4.69) is 291 Å². The minimum Gasteiger partial charge on any atom is -0.310 e. The first-order valence-electron chi connectivity index (χ1n) is 27.7. The third-order valence-corrected chi connectivity index (χ3v) is 16.4. The molecule has 0 radical (unpaired) electrons. The van der Waals surface area contributed by atoms with E-state index in [1.165, 1.54) is 121 Å². The van der Waals surface area contributed by atoms with Crippen molar-refractivity contribution in [3.8, 4) is 33.4 Å². The Morgan fingerprint density at radius 2 is 0.949 bits per heavy atom. The average molecular weight is 999 g/mol. The molecule has 372 valence electrons. The Morgan fingerprint density at radius 3 is 1.63 bits per heavy atom. The fourth-order valence-corrected chi connectivity index (χ4v) is 12.8. The lowest BCUT2D eigenvalue weighted by molar-refractivity contribution is 0.983. The summed E-state index contributed by atoms with van der Waals surface area (Å²) in [4.78, 5) is 4.93. The molecule has 2 nitrogen and oxygen atoms in total. The van der Waals surface area contributed by atoms with Crippen LogP contribution in [-0.2, 0) is 6.42 Å². The van der Waals surface area contributed by atoms with E-state index in [0.29, 0.717) is 0 Å². The van der Waals surface area contributed by atoms with Gasteiger partial charge in [-0.25, -0.2) is 0 Å². The Labute approximate surface area is 457 Å². The number of hydrogen-bond donors (Lipinski definition) is 0. The van der Waals surface area contributed by atoms with Gasteiger partial charge in [0.15, 0.2) is 0 Å². The first-order chi connectivity index (χ1) is 38.6. The fraction of sp³-hybridized carbons (Fsp3) is 0.0789. The zero-order chi connectivity index (χ0) is 52.1. The largest absolute Gasteiger partial charge is 0.310 e. The van der Waals surface area contributed by atoms with Crippen LogP contribution in [0.25, 0.3) is 99.4 Å². The summed E-state index contributed by atoms with van der Waals surface area (Å²) in [6, 6.07) is 83.7. The molecule has 0 N–H and O–H groups in total. The number of rotatable bonds is 10. The molecule has 0 amide bonds. The van der Waals surface area contributed by atoms with Crippen LogP contribution in [0.15, 0.2) is 261 Å². The molecule has 0 atom stereocenters. The van der Waals surface area contributed by atoms with E-state index in [-0.39, 0.29) is 0 Å². The lowest BCUT2D eigenvalue weighted by atomic mass is 9.81. The zero-order valence-electron chi connectivity index (χ0n) is 44.1. The first kappa shape index (κ1) is 47.0. The Bertz CT molecular complexity index is 4420. The predicted molar refractivity (Wildman–Crippen MR) is 337 cm³/mol. The van der Waals surface area contributed by atoms with Gasteiger partial charge in [0, 0.05) is 28.3 Å². The molecule has 0 unspecified atom stereocenters. The van der Waals surface area contributed by atoms with Crippen LogP contribution in [0.5, 0.6) is 0 Å². The van der Waals surface area contributed by atoms with Crippen molar-refractivity contribution >= 4 is 94.5 Å². The second-order valence-corrected chi connectivity index (χ2v) is 20.9. The zero-order valence-corrected chi connectivity index (χ0v) is 44.1. The Hall–Kier alpha value is -9.50. The maximum absolute atomic E-state index is 2.51. The lowest BCUT2D eigenvalue weighted by Gasteiger charge is -2.31. The molecule has 0 aliphatic heterocycles. The number of fused-ring (bicyclic) bond motifs is 10. The van der Waals surface area contributed by atoms with Crippen molar-refractivity contribution in [1.29, 1.82) is 0 Å². The number of anilines is 5.